The summed E-state index contributed by atoms with van der Waals surface area (Å²) in [5.74, 6) is -1.35. The molecule has 9 nitrogen and oxygen atoms in total. The molecule has 0 aliphatic carbocycles. The summed E-state index contributed by atoms with van der Waals surface area (Å²) in [6.45, 7) is 6.23. The van der Waals surface area contributed by atoms with Crippen LogP contribution in [0.25, 0.3) is 0 Å². The minimum atomic E-state index is -2.59. The number of carboxylic acids is 1. The van der Waals surface area contributed by atoms with Gasteiger partial charge >= 0.3 is 23.4 Å². The van der Waals surface area contributed by atoms with E-state index in [0.29, 0.717) is 0 Å². The quantitative estimate of drug-likeness (QED) is 0.398. The number of ether oxygens (including phenoxy) is 1. The Morgan fingerprint density at radius 3 is 2.21 bits per heavy atom. The molecule has 0 aromatic carbocycles. The Morgan fingerprint density at radius 2 is 1.84 bits per heavy atom. The summed E-state index contributed by atoms with van der Waals surface area (Å²) in [4.78, 5) is 22.4. The van der Waals surface area contributed by atoms with E-state index >= 15 is 0 Å². The molecule has 0 saturated heterocycles. The highest BCUT2D eigenvalue weighted by Gasteiger charge is 2.29. The number of hydroxylamine groups is 1. The zero-order valence-electron chi connectivity index (χ0n) is 11.0. The monoisotopic (exact) mass is 298 g/mol. The summed E-state index contributed by atoms with van der Waals surface area (Å²) in [6, 6.07) is -2.35. The topological polar surface area (TPSA) is 134 Å². The molecule has 0 aromatic rings. The van der Waals surface area contributed by atoms with Crippen molar-refractivity contribution in [3.05, 3.63) is 0 Å². The average Bonchev–Trinajstić information content (AvgIpc) is 2.19. The molecule has 0 heterocycles. The lowest BCUT2D eigenvalue weighted by Crippen LogP contribution is -2.53. The zero-order valence-corrected chi connectivity index (χ0v) is 11.8. The number of rotatable bonds is 6. The van der Waals surface area contributed by atoms with Gasteiger partial charge in [0.15, 0.2) is 0 Å². The summed E-state index contributed by atoms with van der Waals surface area (Å²) in [5, 5.41) is 11.1. The van der Waals surface area contributed by atoms with E-state index in [1.165, 1.54) is 6.92 Å². The minimum absolute atomic E-state index is 0.771. The third-order valence-electron chi connectivity index (χ3n) is 1.74. The second-order valence-electron chi connectivity index (χ2n) is 4.67. The first-order chi connectivity index (χ1) is 8.53. The number of hydrogen-bond acceptors (Lipinski definition) is 6. The number of carbonyl (C=O) groups is 2. The number of nitrogens with one attached hydrogen (secondary N) is 2. The molecule has 0 aliphatic heterocycles. The first-order valence-electron chi connectivity index (χ1n) is 5.29. The van der Waals surface area contributed by atoms with Crippen LogP contribution in [-0.4, -0.2) is 43.6 Å². The third-order valence-corrected chi connectivity index (χ3v) is 1.98. The molecule has 112 valence electrons. The first-order valence-corrected chi connectivity index (χ1v) is 6.32. The lowest BCUT2D eigenvalue weighted by Gasteiger charge is -2.24. The maximum absolute atomic E-state index is 11.4. The van der Waals surface area contributed by atoms with Gasteiger partial charge in [0.2, 0.25) is 0 Å². The number of amides is 1. The molecule has 1 amide bonds. The molecule has 10 heteroatoms. The van der Waals surface area contributed by atoms with E-state index in [4.69, 9.17) is 14.4 Å². The predicted molar refractivity (Wildman–Crippen MR) is 65.2 cm³/mol. The van der Waals surface area contributed by atoms with Crippen molar-refractivity contribution in [1.82, 2.24) is 10.8 Å². The van der Waals surface area contributed by atoms with Gasteiger partial charge in [0, 0.05) is 0 Å². The predicted octanol–water partition coefficient (Wildman–Crippen LogP) is 0.0107. The molecule has 0 spiro atoms. The van der Waals surface area contributed by atoms with Gasteiger partial charge in [-0.25, -0.2) is 9.59 Å². The fraction of sp³-hybridized carbons (Fsp3) is 0.778. The van der Waals surface area contributed by atoms with Crippen molar-refractivity contribution in [3.8, 4) is 0 Å². The maximum Gasteiger partial charge on any atom is 0.408 e. The van der Waals surface area contributed by atoms with Gasteiger partial charge < -0.3 is 15.2 Å². The maximum atomic E-state index is 11.4. The Hall–Kier alpha value is -1.23. The Balaban J connectivity index is 4.53. The highest BCUT2D eigenvalue weighted by Crippen LogP contribution is 2.07. The Morgan fingerprint density at radius 1 is 1.32 bits per heavy atom. The Bertz CT molecular complexity index is 355. The van der Waals surface area contributed by atoms with Crippen LogP contribution in [0.4, 0.5) is 4.79 Å². The van der Waals surface area contributed by atoms with Crippen LogP contribution in [0, 0.1) is 0 Å². The molecular formula is C9H18N2O7S. The molecule has 0 rings (SSSR count). The molecule has 1 unspecified atom stereocenters. The van der Waals surface area contributed by atoms with Crippen LogP contribution in [0.2, 0.25) is 0 Å². The van der Waals surface area contributed by atoms with Gasteiger partial charge in [0.05, 0.1) is 6.04 Å². The molecule has 0 aliphatic rings. The van der Waals surface area contributed by atoms with Crippen LogP contribution in [0.15, 0.2) is 0 Å². The standard InChI is InChI=1S/C9H18N2O7S/c1-5(11-18-19(15)16)6(7(12)13)10-8(14)17-9(2,3)4/h5-6,11H,1-4H3,(H,10,14)(H,12,13)(H,15,16)/t5-,6-/m1/s1. The summed E-state index contributed by atoms with van der Waals surface area (Å²) >= 11 is -2.59. The van der Waals surface area contributed by atoms with Crippen molar-refractivity contribution >= 4 is 23.4 Å². The molecule has 0 fully saturated rings. The van der Waals surface area contributed by atoms with E-state index in [9.17, 15) is 13.8 Å². The fourth-order valence-corrected chi connectivity index (χ4v) is 1.25. The van der Waals surface area contributed by atoms with Gasteiger partial charge in [0.1, 0.15) is 11.6 Å². The number of carbonyl (C=O) groups excluding carboxylic acids is 1. The van der Waals surface area contributed by atoms with Gasteiger partial charge in [-0.2, -0.15) is 14.0 Å². The zero-order chi connectivity index (χ0) is 15.2. The molecule has 0 saturated carbocycles. The van der Waals surface area contributed by atoms with Crippen LogP contribution in [0.3, 0.4) is 0 Å². The van der Waals surface area contributed by atoms with E-state index in [0.717, 1.165) is 0 Å². The lowest BCUT2D eigenvalue weighted by atomic mass is 10.1. The molecule has 3 atom stereocenters. The number of alkyl carbamates (subject to hydrolysis) is 1. The van der Waals surface area contributed by atoms with Crippen LogP contribution in [0.5, 0.6) is 0 Å². The van der Waals surface area contributed by atoms with E-state index in [-0.39, 0.29) is 0 Å². The van der Waals surface area contributed by atoms with Gasteiger partial charge in [-0.15, -0.1) is 0 Å². The minimum Gasteiger partial charge on any atom is -0.480 e. The normalized spacial score (nSPS) is 16.3. The van der Waals surface area contributed by atoms with Gasteiger partial charge in [-0.3, -0.25) is 4.55 Å². The van der Waals surface area contributed by atoms with Crippen LogP contribution < -0.4 is 10.8 Å². The summed E-state index contributed by atoms with van der Waals surface area (Å²) in [6.07, 6.45) is -0.918. The van der Waals surface area contributed by atoms with Gasteiger partial charge in [-0.1, -0.05) is 0 Å². The van der Waals surface area contributed by atoms with E-state index in [2.05, 4.69) is 9.60 Å². The second kappa shape index (κ2) is 7.38. The van der Waals surface area contributed by atoms with Gasteiger partial charge in [-0.05, 0) is 27.7 Å². The van der Waals surface area contributed by atoms with Gasteiger partial charge in [0.25, 0.3) is 0 Å². The molecular weight excluding hydrogens is 280 g/mol. The van der Waals surface area contributed by atoms with E-state index in [1.54, 1.807) is 20.8 Å². The summed E-state index contributed by atoms with van der Waals surface area (Å²) in [7, 11) is 0. The van der Waals surface area contributed by atoms with E-state index in [1.807, 2.05) is 5.48 Å². The van der Waals surface area contributed by atoms with Crippen LogP contribution >= 0.6 is 0 Å². The first kappa shape index (κ1) is 17.8. The van der Waals surface area contributed by atoms with Crippen molar-refractivity contribution in [2.24, 2.45) is 0 Å². The molecule has 0 aromatic heterocycles. The Kier molecular flexibility index (Phi) is 6.90. The molecule has 0 bridgehead atoms. The van der Waals surface area contributed by atoms with Crippen molar-refractivity contribution in [3.63, 3.8) is 0 Å². The average molecular weight is 298 g/mol. The summed E-state index contributed by atoms with van der Waals surface area (Å²) < 4.78 is 27.7. The molecule has 4 N–H and O–H groups in total. The summed E-state index contributed by atoms with van der Waals surface area (Å²) in [5.41, 5.74) is 1.26. The van der Waals surface area contributed by atoms with Crippen LogP contribution in [0.1, 0.15) is 27.7 Å². The Labute approximate surface area is 113 Å². The smallest absolute Gasteiger partial charge is 0.408 e. The lowest BCUT2D eigenvalue weighted by molar-refractivity contribution is -0.140. The van der Waals surface area contributed by atoms with Crippen LogP contribution in [-0.2, 0) is 25.2 Å². The highest BCUT2D eigenvalue weighted by atomic mass is 32.2. The second-order valence-corrected chi connectivity index (χ2v) is 5.27. The van der Waals surface area contributed by atoms with Crippen molar-refractivity contribution < 1.29 is 32.5 Å². The molecule has 0 radical (unpaired) electrons. The number of carboxylic acid groups (broad SMARTS) is 1. The molecule has 19 heavy (non-hydrogen) atoms. The van der Waals surface area contributed by atoms with E-state index < -0.39 is 41.1 Å². The third kappa shape index (κ3) is 8.48. The number of aliphatic carboxylic acids is 1. The fourth-order valence-electron chi connectivity index (χ4n) is 1.02. The largest absolute Gasteiger partial charge is 0.480 e. The number of hydrogen-bond donors (Lipinski definition) is 4. The van der Waals surface area contributed by atoms with Crippen molar-refractivity contribution in [1.29, 1.82) is 0 Å². The SMILES string of the molecule is C[C@@H](NOS(=O)O)[C@@H](NC(=O)OC(C)(C)C)C(=O)O. The van der Waals surface area contributed by atoms with Crippen molar-refractivity contribution in [2.45, 2.75) is 45.4 Å². The highest BCUT2D eigenvalue weighted by molar-refractivity contribution is 7.74. The van der Waals surface area contributed by atoms with Crippen molar-refractivity contribution in [2.75, 3.05) is 0 Å².